The van der Waals surface area contributed by atoms with E-state index in [1.807, 2.05) is 0 Å². The number of hydrogen-bond donors (Lipinski definition) is 0. The number of amides is 2. The average molecular weight is 589 g/mol. The quantitative estimate of drug-likeness (QED) is 0.303. The molecule has 2 amide bonds. The third kappa shape index (κ3) is 5.78. The summed E-state index contributed by atoms with van der Waals surface area (Å²) in [5.74, 6) is 0.213. The first-order chi connectivity index (χ1) is 18.8. The van der Waals surface area contributed by atoms with Crippen LogP contribution in [0.4, 0.5) is 9.93 Å². The smallest absolute Gasteiger partial charge is 0.409 e. The van der Waals surface area contributed by atoms with Crippen LogP contribution >= 0.6 is 22.9 Å². The second-order valence-corrected chi connectivity index (χ2v) is 12.1. The number of hydrogen-bond acceptors (Lipinski definition) is 8. The summed E-state index contributed by atoms with van der Waals surface area (Å²) in [6.45, 7) is 2.91. The van der Waals surface area contributed by atoms with Crippen molar-refractivity contribution < 1.29 is 27.2 Å². The van der Waals surface area contributed by atoms with Crippen molar-refractivity contribution in [3.05, 3.63) is 77.2 Å². The van der Waals surface area contributed by atoms with Crippen molar-refractivity contribution in [3.63, 3.8) is 0 Å². The molecule has 0 aliphatic carbocycles. The van der Waals surface area contributed by atoms with Gasteiger partial charge in [0.15, 0.2) is 5.13 Å². The third-order valence-electron chi connectivity index (χ3n) is 6.21. The summed E-state index contributed by atoms with van der Waals surface area (Å²) in [6.07, 6.45) is 1.08. The lowest BCUT2D eigenvalue weighted by molar-refractivity contribution is 0.0933. The number of benzene rings is 2. The monoisotopic (exact) mass is 588 g/mol. The second-order valence-electron chi connectivity index (χ2n) is 8.69. The van der Waals surface area contributed by atoms with Crippen LogP contribution in [0.3, 0.4) is 0 Å². The van der Waals surface area contributed by atoms with Crippen molar-refractivity contribution >= 4 is 60.3 Å². The lowest BCUT2D eigenvalue weighted by Gasteiger charge is -2.33. The molecule has 5 rings (SSSR count). The van der Waals surface area contributed by atoms with E-state index in [0.29, 0.717) is 27.0 Å². The molecule has 0 saturated carbocycles. The highest BCUT2D eigenvalue weighted by atomic mass is 35.5. The van der Waals surface area contributed by atoms with Gasteiger partial charge in [0.1, 0.15) is 5.76 Å². The minimum atomic E-state index is -3.81. The number of anilines is 1. The highest BCUT2D eigenvalue weighted by Crippen LogP contribution is 2.32. The summed E-state index contributed by atoms with van der Waals surface area (Å²) in [6, 6.07) is 14.6. The molecule has 13 heteroatoms. The highest BCUT2D eigenvalue weighted by Gasteiger charge is 2.31. The van der Waals surface area contributed by atoms with Gasteiger partial charge >= 0.3 is 6.09 Å². The van der Waals surface area contributed by atoms with Crippen LogP contribution in [0.1, 0.15) is 23.0 Å². The molecular formula is C26H25ClN4O6S2. The number of rotatable bonds is 7. The Morgan fingerprint density at radius 3 is 2.51 bits per heavy atom. The van der Waals surface area contributed by atoms with Crippen LogP contribution in [0.15, 0.2) is 70.2 Å². The predicted octanol–water partition coefficient (Wildman–Crippen LogP) is 4.85. The number of piperazine rings is 1. The number of carbonyl (C=O) groups excluding carboxylic acids is 2. The van der Waals surface area contributed by atoms with Gasteiger partial charge in [-0.1, -0.05) is 22.9 Å². The molecule has 2 aromatic heterocycles. The van der Waals surface area contributed by atoms with E-state index >= 15 is 0 Å². The lowest BCUT2D eigenvalue weighted by Crippen LogP contribution is -2.50. The van der Waals surface area contributed by atoms with Gasteiger partial charge in [0, 0.05) is 36.8 Å². The van der Waals surface area contributed by atoms with Crippen LogP contribution in [-0.4, -0.2) is 67.4 Å². The third-order valence-corrected chi connectivity index (χ3v) is 9.40. The molecule has 2 aromatic carbocycles. The Hall–Kier alpha value is -3.45. The molecule has 1 saturated heterocycles. The first-order valence-electron chi connectivity index (χ1n) is 12.2. The van der Waals surface area contributed by atoms with Gasteiger partial charge in [0.2, 0.25) is 10.0 Å². The number of sulfonamides is 1. The number of furan rings is 1. The molecule has 39 heavy (non-hydrogen) atoms. The number of aromatic nitrogens is 1. The Bertz CT molecular complexity index is 1580. The Morgan fingerprint density at radius 1 is 1.10 bits per heavy atom. The fourth-order valence-corrected chi connectivity index (χ4v) is 6.85. The molecule has 1 aliphatic rings. The Balaban J connectivity index is 1.36. The number of ether oxygens (including phenoxy) is 1. The number of thiazole rings is 1. The minimum absolute atomic E-state index is 0.0656. The fourth-order valence-electron chi connectivity index (χ4n) is 4.19. The van der Waals surface area contributed by atoms with E-state index in [2.05, 4.69) is 4.98 Å². The molecule has 0 N–H and O–H groups in total. The fraction of sp³-hybridized carbons (Fsp3) is 0.269. The van der Waals surface area contributed by atoms with Crippen LogP contribution in [0.2, 0.25) is 5.02 Å². The summed E-state index contributed by atoms with van der Waals surface area (Å²) < 4.78 is 39.1. The van der Waals surface area contributed by atoms with Crippen LogP contribution in [0.25, 0.3) is 10.2 Å². The van der Waals surface area contributed by atoms with Crippen molar-refractivity contribution in [2.75, 3.05) is 37.7 Å². The summed E-state index contributed by atoms with van der Waals surface area (Å²) in [5, 5.41) is 1.03. The average Bonchev–Trinajstić information content (AvgIpc) is 3.61. The van der Waals surface area contributed by atoms with Gasteiger partial charge in [0.25, 0.3) is 5.91 Å². The molecule has 0 spiro atoms. The van der Waals surface area contributed by atoms with E-state index in [1.54, 1.807) is 37.3 Å². The molecule has 1 aliphatic heterocycles. The summed E-state index contributed by atoms with van der Waals surface area (Å²) in [4.78, 5) is 33.2. The van der Waals surface area contributed by atoms with Crippen molar-refractivity contribution in [3.8, 4) is 0 Å². The molecular weight excluding hydrogens is 564 g/mol. The Labute approximate surface area is 234 Å². The number of fused-ring (bicyclic) bond motifs is 1. The van der Waals surface area contributed by atoms with Gasteiger partial charge in [-0.25, -0.2) is 18.2 Å². The molecule has 0 atom stereocenters. The number of carbonyl (C=O) groups is 2. The molecule has 0 bridgehead atoms. The van der Waals surface area contributed by atoms with Crippen molar-refractivity contribution in [2.24, 2.45) is 0 Å². The van der Waals surface area contributed by atoms with Gasteiger partial charge in [-0.3, -0.25) is 9.69 Å². The molecule has 3 heterocycles. The van der Waals surface area contributed by atoms with E-state index in [9.17, 15) is 18.0 Å². The summed E-state index contributed by atoms with van der Waals surface area (Å²) >= 11 is 7.45. The normalized spacial score (nSPS) is 14.5. The maximum atomic E-state index is 13.6. The van der Waals surface area contributed by atoms with Crippen molar-refractivity contribution in [1.82, 2.24) is 14.2 Å². The van der Waals surface area contributed by atoms with Crippen LogP contribution in [0.5, 0.6) is 0 Å². The predicted molar refractivity (Wildman–Crippen MR) is 148 cm³/mol. The molecule has 204 valence electrons. The number of nitrogens with zero attached hydrogens (tertiary/aromatic N) is 4. The van der Waals surface area contributed by atoms with Gasteiger partial charge in [0.05, 0.1) is 34.5 Å². The Morgan fingerprint density at radius 2 is 1.85 bits per heavy atom. The Kier molecular flexibility index (Phi) is 7.89. The van der Waals surface area contributed by atoms with E-state index in [4.69, 9.17) is 20.8 Å². The van der Waals surface area contributed by atoms with Crippen molar-refractivity contribution in [1.29, 1.82) is 0 Å². The zero-order chi connectivity index (χ0) is 27.6. The lowest BCUT2D eigenvalue weighted by atomic mass is 10.2. The van der Waals surface area contributed by atoms with Gasteiger partial charge < -0.3 is 14.1 Å². The largest absolute Gasteiger partial charge is 0.467 e. The molecule has 1 fully saturated rings. The van der Waals surface area contributed by atoms with Crippen molar-refractivity contribution in [2.45, 2.75) is 18.4 Å². The zero-order valence-electron chi connectivity index (χ0n) is 20.9. The molecule has 0 radical (unpaired) electrons. The maximum absolute atomic E-state index is 13.6. The van der Waals surface area contributed by atoms with E-state index in [-0.39, 0.29) is 50.1 Å². The van der Waals surface area contributed by atoms with E-state index in [1.165, 1.54) is 56.0 Å². The van der Waals surface area contributed by atoms with Crippen LogP contribution in [-0.2, 0) is 21.3 Å². The summed E-state index contributed by atoms with van der Waals surface area (Å²) in [7, 11) is -3.81. The van der Waals surface area contributed by atoms with Crippen LogP contribution < -0.4 is 4.90 Å². The second kappa shape index (κ2) is 11.3. The van der Waals surface area contributed by atoms with E-state index in [0.717, 1.165) is 4.70 Å². The van der Waals surface area contributed by atoms with Gasteiger partial charge in [-0.15, -0.1) is 0 Å². The van der Waals surface area contributed by atoms with Crippen LogP contribution in [0, 0.1) is 0 Å². The molecule has 10 nitrogen and oxygen atoms in total. The minimum Gasteiger partial charge on any atom is -0.467 e. The zero-order valence-corrected chi connectivity index (χ0v) is 23.3. The first-order valence-corrected chi connectivity index (χ1v) is 14.8. The SMILES string of the molecule is CCOC(=O)N1CCN(S(=O)(=O)c2ccc(C(=O)N(Cc3ccco3)c3nc4ccc(Cl)cc4s3)cc2)CC1. The standard InChI is InChI=1S/C26H25ClN4O6S2/c1-2-36-26(33)29-11-13-30(14-12-29)39(34,35)21-8-5-18(6-9-21)24(32)31(17-20-4-3-15-37-20)25-28-22-10-7-19(27)16-23(22)38-25/h3-10,15-16H,2,11-14,17H2,1H3. The highest BCUT2D eigenvalue weighted by molar-refractivity contribution is 7.89. The summed E-state index contributed by atoms with van der Waals surface area (Å²) in [5.41, 5.74) is 1.01. The van der Waals surface area contributed by atoms with Gasteiger partial charge in [-0.05, 0) is 61.5 Å². The number of halogens is 1. The molecule has 4 aromatic rings. The topological polar surface area (TPSA) is 113 Å². The first kappa shape index (κ1) is 27.1. The molecule has 0 unspecified atom stereocenters. The maximum Gasteiger partial charge on any atom is 0.409 e. The van der Waals surface area contributed by atoms with E-state index < -0.39 is 16.1 Å². The van der Waals surface area contributed by atoms with Gasteiger partial charge in [-0.2, -0.15) is 4.31 Å².